The van der Waals surface area contributed by atoms with Crippen LogP contribution < -0.4 is 0 Å². The Labute approximate surface area is 137 Å². The number of benzene rings is 1. The van der Waals surface area contributed by atoms with E-state index in [-0.39, 0.29) is 15.6 Å². The molecule has 8 heteroatoms. The summed E-state index contributed by atoms with van der Waals surface area (Å²) in [5.41, 5.74) is 0.0154. The average Bonchev–Trinajstić information content (AvgIpc) is 2.90. The highest BCUT2D eigenvalue weighted by molar-refractivity contribution is 8.13. The van der Waals surface area contributed by atoms with E-state index in [1.807, 2.05) is 0 Å². The minimum absolute atomic E-state index is 0.0154. The van der Waals surface area contributed by atoms with Crippen molar-refractivity contribution in [1.82, 2.24) is 0 Å². The van der Waals surface area contributed by atoms with Crippen molar-refractivity contribution in [2.24, 2.45) is 5.92 Å². The Kier molecular flexibility index (Phi) is 5.41. The van der Waals surface area contributed by atoms with Crippen LogP contribution in [0, 0.1) is 5.92 Å². The van der Waals surface area contributed by atoms with E-state index in [1.165, 1.54) is 6.07 Å². The van der Waals surface area contributed by atoms with E-state index in [1.54, 1.807) is 0 Å². The molecule has 2 rings (SSSR count). The molecule has 0 spiro atoms. The molecule has 4 nitrogen and oxygen atoms in total. The molecule has 0 heterocycles. The van der Waals surface area contributed by atoms with Gasteiger partial charge in [0.15, 0.2) is 0 Å². The maximum Gasteiger partial charge on any atom is 0.338 e. The molecule has 0 amide bonds. The third kappa shape index (κ3) is 4.25. The van der Waals surface area contributed by atoms with Gasteiger partial charge in [-0.15, -0.1) is 0 Å². The van der Waals surface area contributed by atoms with Gasteiger partial charge in [-0.2, -0.15) is 0 Å². The third-order valence-corrected chi connectivity index (χ3v) is 5.68. The van der Waals surface area contributed by atoms with Gasteiger partial charge >= 0.3 is 5.97 Å². The molecule has 1 saturated carbocycles. The summed E-state index contributed by atoms with van der Waals surface area (Å²) in [6, 6.07) is 2.35. The molecular weight excluding hydrogens is 359 g/mol. The number of carbonyl (C=O) groups excluding carboxylic acids is 1. The van der Waals surface area contributed by atoms with Crippen LogP contribution in [0.3, 0.4) is 0 Å². The highest BCUT2D eigenvalue weighted by Crippen LogP contribution is 2.33. The summed E-state index contributed by atoms with van der Waals surface area (Å²) < 4.78 is 28.0. The Morgan fingerprint density at radius 2 is 1.86 bits per heavy atom. The first-order valence-electron chi connectivity index (χ1n) is 6.40. The maximum atomic E-state index is 12.0. The molecule has 116 valence electrons. The molecule has 0 aromatic heterocycles. The SMILES string of the molecule is O=C(OCC1CCCC1)c1cc(Cl)c(Cl)c(S(=O)(=O)Cl)c1. The Balaban J connectivity index is 2.19. The second kappa shape index (κ2) is 6.73. The first kappa shape index (κ1) is 16.9. The van der Waals surface area contributed by atoms with E-state index in [2.05, 4.69) is 0 Å². The molecule has 0 aliphatic heterocycles. The van der Waals surface area contributed by atoms with Gasteiger partial charge in [-0.1, -0.05) is 36.0 Å². The number of esters is 1. The smallest absolute Gasteiger partial charge is 0.338 e. The van der Waals surface area contributed by atoms with Gasteiger partial charge in [0.2, 0.25) is 0 Å². The van der Waals surface area contributed by atoms with Crippen LogP contribution in [-0.2, 0) is 13.8 Å². The van der Waals surface area contributed by atoms with Crippen molar-refractivity contribution in [2.45, 2.75) is 30.6 Å². The van der Waals surface area contributed by atoms with E-state index < -0.39 is 19.9 Å². The number of carbonyl (C=O) groups is 1. The summed E-state index contributed by atoms with van der Waals surface area (Å²) in [5, 5.41) is -0.273. The number of rotatable bonds is 4. The van der Waals surface area contributed by atoms with Crippen LogP contribution in [0.25, 0.3) is 0 Å². The zero-order valence-corrected chi connectivity index (χ0v) is 14.0. The number of halogens is 3. The van der Waals surface area contributed by atoms with Gasteiger partial charge in [0, 0.05) is 10.7 Å². The second-order valence-corrected chi connectivity index (χ2v) is 8.28. The topological polar surface area (TPSA) is 60.4 Å². The molecule has 0 atom stereocenters. The summed E-state index contributed by atoms with van der Waals surface area (Å²) in [6.07, 6.45) is 4.36. The predicted molar refractivity (Wildman–Crippen MR) is 81.7 cm³/mol. The highest BCUT2D eigenvalue weighted by Gasteiger charge is 2.22. The first-order valence-corrected chi connectivity index (χ1v) is 9.46. The van der Waals surface area contributed by atoms with Crippen molar-refractivity contribution < 1.29 is 17.9 Å². The number of ether oxygens (including phenoxy) is 1. The van der Waals surface area contributed by atoms with Crippen molar-refractivity contribution >= 4 is 48.9 Å². The minimum Gasteiger partial charge on any atom is -0.462 e. The monoisotopic (exact) mass is 370 g/mol. The molecule has 0 saturated heterocycles. The van der Waals surface area contributed by atoms with Gasteiger partial charge in [0.05, 0.1) is 22.2 Å². The lowest BCUT2D eigenvalue weighted by Gasteiger charge is -2.11. The quantitative estimate of drug-likeness (QED) is 0.586. The van der Waals surface area contributed by atoms with E-state index in [0.717, 1.165) is 31.7 Å². The third-order valence-electron chi connectivity index (χ3n) is 3.42. The molecule has 0 bridgehead atoms. The van der Waals surface area contributed by atoms with E-state index in [4.69, 9.17) is 38.6 Å². The van der Waals surface area contributed by atoms with Gasteiger partial charge in [-0.3, -0.25) is 0 Å². The molecule has 0 radical (unpaired) electrons. The Morgan fingerprint density at radius 3 is 2.43 bits per heavy atom. The normalized spacial score (nSPS) is 16.1. The average molecular weight is 372 g/mol. The van der Waals surface area contributed by atoms with Crippen molar-refractivity contribution in [2.75, 3.05) is 6.61 Å². The van der Waals surface area contributed by atoms with E-state index in [0.29, 0.717) is 12.5 Å². The zero-order valence-electron chi connectivity index (χ0n) is 10.9. The fraction of sp³-hybridized carbons (Fsp3) is 0.462. The molecule has 0 unspecified atom stereocenters. The lowest BCUT2D eigenvalue weighted by molar-refractivity contribution is 0.0442. The van der Waals surface area contributed by atoms with Crippen LogP contribution in [0.2, 0.25) is 10.0 Å². The Bertz CT molecular complexity index is 652. The summed E-state index contributed by atoms with van der Waals surface area (Å²) in [6.45, 7) is 0.321. The van der Waals surface area contributed by atoms with Gasteiger partial charge in [-0.25, -0.2) is 13.2 Å². The highest BCUT2D eigenvalue weighted by atomic mass is 35.7. The minimum atomic E-state index is -4.09. The molecule has 1 aliphatic carbocycles. The fourth-order valence-electron chi connectivity index (χ4n) is 2.31. The fourth-order valence-corrected chi connectivity index (χ4v) is 4.08. The molecule has 21 heavy (non-hydrogen) atoms. The summed E-state index contributed by atoms with van der Waals surface area (Å²) in [5.74, 6) is -0.269. The molecule has 1 fully saturated rings. The van der Waals surface area contributed by atoms with Crippen molar-refractivity contribution in [1.29, 1.82) is 0 Å². The maximum absolute atomic E-state index is 12.0. The van der Waals surface area contributed by atoms with Crippen molar-refractivity contribution in [3.63, 3.8) is 0 Å². The number of hydrogen-bond donors (Lipinski definition) is 0. The summed E-state index contributed by atoms with van der Waals surface area (Å²) >= 11 is 11.6. The van der Waals surface area contributed by atoms with Crippen LogP contribution in [0.1, 0.15) is 36.0 Å². The van der Waals surface area contributed by atoms with E-state index in [9.17, 15) is 13.2 Å². The van der Waals surface area contributed by atoms with Crippen molar-refractivity contribution in [3.05, 3.63) is 27.7 Å². The molecular formula is C13H13Cl3O4S. The lowest BCUT2D eigenvalue weighted by Crippen LogP contribution is -2.12. The van der Waals surface area contributed by atoms with Gasteiger partial charge < -0.3 is 4.74 Å². The second-order valence-electron chi connectivity index (χ2n) is 4.96. The molecule has 1 aromatic carbocycles. The Hall–Kier alpha value is -0.490. The van der Waals surface area contributed by atoms with Gasteiger partial charge in [0.25, 0.3) is 9.05 Å². The van der Waals surface area contributed by atoms with Crippen molar-refractivity contribution in [3.8, 4) is 0 Å². The zero-order chi connectivity index (χ0) is 15.6. The molecule has 1 aliphatic rings. The van der Waals surface area contributed by atoms with Gasteiger partial charge in [-0.05, 0) is 30.9 Å². The largest absolute Gasteiger partial charge is 0.462 e. The first-order chi connectivity index (χ1) is 9.79. The summed E-state index contributed by atoms with van der Waals surface area (Å²) in [7, 11) is 1.18. The van der Waals surface area contributed by atoms with Crippen LogP contribution >= 0.6 is 33.9 Å². The van der Waals surface area contributed by atoms with Crippen LogP contribution in [0.15, 0.2) is 17.0 Å². The Morgan fingerprint density at radius 1 is 1.24 bits per heavy atom. The molecule has 1 aromatic rings. The predicted octanol–water partition coefficient (Wildman–Crippen LogP) is 4.27. The van der Waals surface area contributed by atoms with Crippen LogP contribution in [-0.4, -0.2) is 21.0 Å². The lowest BCUT2D eigenvalue weighted by atomic mass is 10.1. The summed E-state index contributed by atoms with van der Waals surface area (Å²) in [4.78, 5) is 11.6. The van der Waals surface area contributed by atoms with E-state index >= 15 is 0 Å². The van der Waals surface area contributed by atoms with Crippen LogP contribution in [0.4, 0.5) is 0 Å². The standard InChI is InChI=1S/C13H13Cl3O4S/c14-10-5-9(6-11(12(10)15)21(16,18)19)13(17)20-7-8-3-1-2-4-8/h5-6,8H,1-4,7H2. The van der Waals surface area contributed by atoms with Gasteiger partial charge in [0.1, 0.15) is 4.90 Å². The van der Waals surface area contributed by atoms with Crippen LogP contribution in [0.5, 0.6) is 0 Å². The molecule has 0 N–H and O–H groups in total. The number of hydrogen-bond acceptors (Lipinski definition) is 4.